The number of rotatable bonds is 7. The molecule has 5 heteroatoms. The van der Waals surface area contributed by atoms with Crippen LogP contribution in [0.3, 0.4) is 0 Å². The molecule has 0 unspecified atom stereocenters. The Bertz CT molecular complexity index is 593. The Hall–Kier alpha value is -2.01. The predicted molar refractivity (Wildman–Crippen MR) is 83.8 cm³/mol. The summed E-state index contributed by atoms with van der Waals surface area (Å²) >= 11 is 0. The SMILES string of the molecule is CCOc1ccc(-c2ncc(CCN)n2CC)cc1OC. The van der Waals surface area contributed by atoms with Crippen molar-refractivity contribution in [2.45, 2.75) is 26.8 Å². The molecular formula is C16H23N3O2. The molecule has 0 saturated carbocycles. The Morgan fingerprint density at radius 3 is 2.67 bits per heavy atom. The summed E-state index contributed by atoms with van der Waals surface area (Å²) in [5, 5.41) is 0. The second kappa shape index (κ2) is 7.13. The molecular weight excluding hydrogens is 266 g/mol. The van der Waals surface area contributed by atoms with Crippen molar-refractivity contribution < 1.29 is 9.47 Å². The van der Waals surface area contributed by atoms with Gasteiger partial charge in [-0.1, -0.05) is 0 Å². The first-order valence-electron chi connectivity index (χ1n) is 7.30. The average Bonchev–Trinajstić information content (AvgIpc) is 2.91. The minimum absolute atomic E-state index is 0.611. The van der Waals surface area contributed by atoms with E-state index in [-0.39, 0.29) is 0 Å². The highest BCUT2D eigenvalue weighted by Crippen LogP contribution is 2.32. The van der Waals surface area contributed by atoms with E-state index < -0.39 is 0 Å². The summed E-state index contributed by atoms with van der Waals surface area (Å²) in [4.78, 5) is 4.54. The number of ether oxygens (including phenoxy) is 2. The van der Waals surface area contributed by atoms with Gasteiger partial charge in [-0.25, -0.2) is 4.98 Å². The van der Waals surface area contributed by atoms with Crippen LogP contribution in [0.2, 0.25) is 0 Å². The van der Waals surface area contributed by atoms with Crippen LogP contribution in [0.25, 0.3) is 11.4 Å². The van der Waals surface area contributed by atoms with Gasteiger partial charge in [0.25, 0.3) is 0 Å². The summed E-state index contributed by atoms with van der Waals surface area (Å²) in [6.45, 7) is 6.16. The van der Waals surface area contributed by atoms with Gasteiger partial charge in [0.15, 0.2) is 11.5 Å². The minimum Gasteiger partial charge on any atom is -0.493 e. The van der Waals surface area contributed by atoms with E-state index in [1.807, 2.05) is 31.3 Å². The van der Waals surface area contributed by atoms with Crippen molar-refractivity contribution in [3.63, 3.8) is 0 Å². The van der Waals surface area contributed by atoms with E-state index in [0.717, 1.165) is 41.5 Å². The highest BCUT2D eigenvalue weighted by atomic mass is 16.5. The lowest BCUT2D eigenvalue weighted by molar-refractivity contribution is 0.311. The van der Waals surface area contributed by atoms with Crippen molar-refractivity contribution in [1.82, 2.24) is 9.55 Å². The summed E-state index contributed by atoms with van der Waals surface area (Å²) in [5.74, 6) is 2.41. The summed E-state index contributed by atoms with van der Waals surface area (Å²) in [6.07, 6.45) is 2.73. The molecule has 0 aliphatic rings. The van der Waals surface area contributed by atoms with Gasteiger partial charge in [0.2, 0.25) is 0 Å². The summed E-state index contributed by atoms with van der Waals surface area (Å²) < 4.78 is 13.1. The number of imidazole rings is 1. The molecule has 2 rings (SSSR count). The molecule has 1 aromatic carbocycles. The van der Waals surface area contributed by atoms with Crippen LogP contribution in [-0.2, 0) is 13.0 Å². The topological polar surface area (TPSA) is 62.3 Å². The van der Waals surface area contributed by atoms with Crippen molar-refractivity contribution in [3.8, 4) is 22.9 Å². The highest BCUT2D eigenvalue weighted by molar-refractivity contribution is 5.62. The smallest absolute Gasteiger partial charge is 0.161 e. The Morgan fingerprint density at radius 2 is 2.05 bits per heavy atom. The highest BCUT2D eigenvalue weighted by Gasteiger charge is 2.13. The van der Waals surface area contributed by atoms with Crippen LogP contribution in [0, 0.1) is 0 Å². The van der Waals surface area contributed by atoms with Crippen LogP contribution >= 0.6 is 0 Å². The average molecular weight is 289 g/mol. The second-order valence-electron chi connectivity index (χ2n) is 4.65. The number of nitrogens with zero attached hydrogens (tertiary/aromatic N) is 2. The summed E-state index contributed by atoms with van der Waals surface area (Å²) in [5.41, 5.74) is 7.82. The van der Waals surface area contributed by atoms with Crippen LogP contribution in [0.5, 0.6) is 11.5 Å². The number of methoxy groups -OCH3 is 1. The zero-order valence-electron chi connectivity index (χ0n) is 12.9. The van der Waals surface area contributed by atoms with Crippen LogP contribution in [0.15, 0.2) is 24.4 Å². The molecule has 114 valence electrons. The molecule has 21 heavy (non-hydrogen) atoms. The van der Waals surface area contributed by atoms with E-state index in [1.54, 1.807) is 7.11 Å². The van der Waals surface area contributed by atoms with E-state index >= 15 is 0 Å². The first-order chi connectivity index (χ1) is 10.2. The lowest BCUT2D eigenvalue weighted by Crippen LogP contribution is -2.09. The molecule has 0 atom stereocenters. The Kier molecular flexibility index (Phi) is 5.22. The molecule has 0 saturated heterocycles. The maximum absolute atomic E-state index is 5.65. The van der Waals surface area contributed by atoms with Gasteiger partial charge in [0.1, 0.15) is 5.82 Å². The van der Waals surface area contributed by atoms with E-state index in [9.17, 15) is 0 Å². The van der Waals surface area contributed by atoms with Crippen LogP contribution in [-0.4, -0.2) is 29.8 Å². The molecule has 2 N–H and O–H groups in total. The van der Waals surface area contributed by atoms with E-state index in [1.165, 1.54) is 0 Å². The monoisotopic (exact) mass is 289 g/mol. The normalized spacial score (nSPS) is 10.7. The third-order valence-electron chi connectivity index (χ3n) is 3.38. The molecule has 5 nitrogen and oxygen atoms in total. The van der Waals surface area contributed by atoms with Crippen molar-refractivity contribution >= 4 is 0 Å². The Balaban J connectivity index is 2.42. The fourth-order valence-corrected chi connectivity index (χ4v) is 2.42. The zero-order valence-corrected chi connectivity index (χ0v) is 12.9. The fraction of sp³-hybridized carbons (Fsp3) is 0.438. The van der Waals surface area contributed by atoms with Gasteiger partial charge in [-0.3, -0.25) is 0 Å². The van der Waals surface area contributed by atoms with Crippen molar-refractivity contribution in [2.24, 2.45) is 5.73 Å². The number of benzene rings is 1. The molecule has 2 aromatic rings. The Labute approximate surface area is 125 Å². The molecule has 0 amide bonds. The van der Waals surface area contributed by atoms with Gasteiger partial charge < -0.3 is 19.8 Å². The zero-order chi connectivity index (χ0) is 15.2. The van der Waals surface area contributed by atoms with Gasteiger partial charge >= 0.3 is 0 Å². The molecule has 0 fully saturated rings. The first kappa shape index (κ1) is 15.4. The second-order valence-corrected chi connectivity index (χ2v) is 4.65. The maximum atomic E-state index is 5.65. The molecule has 0 aliphatic heterocycles. The molecule has 1 heterocycles. The largest absolute Gasteiger partial charge is 0.493 e. The predicted octanol–water partition coefficient (Wildman–Crippen LogP) is 2.48. The van der Waals surface area contributed by atoms with Crippen LogP contribution < -0.4 is 15.2 Å². The Morgan fingerprint density at radius 1 is 1.24 bits per heavy atom. The lowest BCUT2D eigenvalue weighted by Gasteiger charge is -2.12. The lowest BCUT2D eigenvalue weighted by atomic mass is 10.2. The van der Waals surface area contributed by atoms with Crippen LogP contribution in [0.1, 0.15) is 19.5 Å². The van der Waals surface area contributed by atoms with E-state index in [0.29, 0.717) is 13.2 Å². The van der Waals surface area contributed by atoms with Gasteiger partial charge in [-0.15, -0.1) is 0 Å². The summed E-state index contributed by atoms with van der Waals surface area (Å²) in [7, 11) is 1.65. The molecule has 0 bridgehead atoms. The third kappa shape index (κ3) is 3.19. The number of aromatic nitrogens is 2. The van der Waals surface area contributed by atoms with E-state index in [2.05, 4.69) is 16.5 Å². The number of hydrogen-bond donors (Lipinski definition) is 1. The third-order valence-corrected chi connectivity index (χ3v) is 3.38. The van der Waals surface area contributed by atoms with Crippen molar-refractivity contribution in [2.75, 3.05) is 20.3 Å². The molecule has 1 aromatic heterocycles. The van der Waals surface area contributed by atoms with Gasteiger partial charge in [0, 0.05) is 30.4 Å². The quantitative estimate of drug-likeness (QED) is 0.850. The standard InChI is InChI=1S/C16H23N3O2/c1-4-19-13(8-9-17)11-18-16(19)12-6-7-14(21-5-2)15(10-12)20-3/h6-7,10-11H,4-5,8-9,17H2,1-3H3. The van der Waals surface area contributed by atoms with E-state index in [4.69, 9.17) is 15.2 Å². The van der Waals surface area contributed by atoms with Crippen LogP contribution in [0.4, 0.5) is 0 Å². The van der Waals surface area contributed by atoms with Gasteiger partial charge in [0.05, 0.1) is 13.7 Å². The fourth-order valence-electron chi connectivity index (χ4n) is 2.42. The first-order valence-corrected chi connectivity index (χ1v) is 7.30. The van der Waals surface area contributed by atoms with Gasteiger partial charge in [-0.05, 0) is 38.6 Å². The maximum Gasteiger partial charge on any atom is 0.161 e. The summed E-state index contributed by atoms with van der Waals surface area (Å²) in [6, 6.07) is 5.90. The molecule has 0 spiro atoms. The molecule has 0 aliphatic carbocycles. The van der Waals surface area contributed by atoms with Gasteiger partial charge in [-0.2, -0.15) is 0 Å². The minimum atomic E-state index is 0.611. The number of hydrogen-bond acceptors (Lipinski definition) is 4. The molecule has 0 radical (unpaired) electrons. The number of nitrogens with two attached hydrogens (primary N) is 1. The van der Waals surface area contributed by atoms with Crippen molar-refractivity contribution in [3.05, 3.63) is 30.1 Å². The van der Waals surface area contributed by atoms with Crippen molar-refractivity contribution in [1.29, 1.82) is 0 Å².